The Labute approximate surface area is 216 Å². The molecule has 1 heterocycles. The van der Waals surface area contributed by atoms with Crippen LogP contribution in [0.1, 0.15) is 49.2 Å². The summed E-state index contributed by atoms with van der Waals surface area (Å²) in [4.78, 5) is 40.9. The first-order valence-corrected chi connectivity index (χ1v) is 13.2. The highest BCUT2D eigenvalue weighted by atomic mass is 32.2. The van der Waals surface area contributed by atoms with Crippen LogP contribution < -0.4 is 10.6 Å². The van der Waals surface area contributed by atoms with Crippen LogP contribution in [0.15, 0.2) is 48.5 Å². The van der Waals surface area contributed by atoms with E-state index < -0.39 is 35.5 Å². The first-order valence-electron chi connectivity index (χ1n) is 12.1. The molecule has 0 unspecified atom stereocenters. The highest BCUT2D eigenvalue weighted by molar-refractivity contribution is 7.99. The Balaban J connectivity index is 1.85. The number of benzene rings is 2. The molecule has 0 radical (unpaired) electrons. The van der Waals surface area contributed by atoms with E-state index >= 15 is 0 Å². The monoisotopic (exact) mass is 513 g/mol. The number of aromatic hydroxyl groups is 1. The summed E-state index contributed by atoms with van der Waals surface area (Å²) in [5, 5.41) is 27.1. The Morgan fingerprint density at radius 1 is 1.11 bits per heavy atom. The van der Waals surface area contributed by atoms with Gasteiger partial charge in [0, 0.05) is 22.4 Å². The summed E-state index contributed by atoms with van der Waals surface area (Å²) in [5.41, 5.74) is 1.15. The van der Waals surface area contributed by atoms with Crippen molar-refractivity contribution >= 4 is 29.5 Å². The van der Waals surface area contributed by atoms with Crippen LogP contribution in [-0.2, 0) is 22.4 Å². The fourth-order valence-electron chi connectivity index (χ4n) is 4.19. The number of rotatable bonds is 8. The molecule has 2 aromatic rings. The third-order valence-corrected chi connectivity index (χ3v) is 6.98. The van der Waals surface area contributed by atoms with Crippen LogP contribution in [-0.4, -0.2) is 68.2 Å². The minimum absolute atomic E-state index is 0.0168. The van der Waals surface area contributed by atoms with Crippen LogP contribution >= 0.6 is 11.8 Å². The zero-order chi connectivity index (χ0) is 26.5. The number of carbonyl (C=O) groups is 3. The predicted molar refractivity (Wildman–Crippen MR) is 141 cm³/mol. The Hall–Kier alpha value is -3.04. The first kappa shape index (κ1) is 27.5. The molecule has 9 heteroatoms. The van der Waals surface area contributed by atoms with Gasteiger partial charge in [-0.1, -0.05) is 43.3 Å². The van der Waals surface area contributed by atoms with Gasteiger partial charge in [-0.05, 0) is 51.3 Å². The Morgan fingerprint density at radius 3 is 2.44 bits per heavy atom. The average Bonchev–Trinajstić information content (AvgIpc) is 3.32. The van der Waals surface area contributed by atoms with Crippen molar-refractivity contribution in [2.45, 2.75) is 64.3 Å². The second-order valence-electron chi connectivity index (χ2n) is 9.93. The Bertz CT molecular complexity index is 1090. The third-order valence-electron chi connectivity index (χ3n) is 5.96. The highest BCUT2D eigenvalue weighted by Gasteiger charge is 2.40. The van der Waals surface area contributed by atoms with Gasteiger partial charge in [-0.15, -0.1) is 11.8 Å². The smallest absolute Gasteiger partial charge is 0.254 e. The fourth-order valence-corrected chi connectivity index (χ4v) is 5.35. The molecule has 1 aliphatic rings. The van der Waals surface area contributed by atoms with Gasteiger partial charge in [-0.2, -0.15) is 0 Å². The van der Waals surface area contributed by atoms with Crippen LogP contribution in [0.4, 0.5) is 0 Å². The maximum absolute atomic E-state index is 13.4. The summed E-state index contributed by atoms with van der Waals surface area (Å²) in [6.07, 6.45) is -0.921. The van der Waals surface area contributed by atoms with Crippen LogP contribution in [0.25, 0.3) is 0 Å². The van der Waals surface area contributed by atoms with Crippen molar-refractivity contribution < 1.29 is 24.6 Å². The predicted octanol–water partition coefficient (Wildman–Crippen LogP) is 2.47. The van der Waals surface area contributed by atoms with Crippen LogP contribution in [0.3, 0.4) is 0 Å². The van der Waals surface area contributed by atoms with Crippen LogP contribution in [0, 0.1) is 0 Å². The molecule has 3 rings (SSSR count). The van der Waals surface area contributed by atoms with E-state index in [2.05, 4.69) is 10.6 Å². The summed E-state index contributed by atoms with van der Waals surface area (Å²) >= 11 is 1.44. The van der Waals surface area contributed by atoms with Gasteiger partial charge in [0.15, 0.2) is 6.10 Å². The van der Waals surface area contributed by atoms with E-state index in [-0.39, 0.29) is 29.5 Å². The van der Waals surface area contributed by atoms with Crippen molar-refractivity contribution in [2.24, 2.45) is 0 Å². The van der Waals surface area contributed by atoms with E-state index in [1.54, 1.807) is 12.1 Å². The zero-order valence-corrected chi connectivity index (χ0v) is 22.0. The maximum Gasteiger partial charge on any atom is 0.254 e. The van der Waals surface area contributed by atoms with Crippen molar-refractivity contribution in [3.8, 4) is 5.75 Å². The van der Waals surface area contributed by atoms with Crippen LogP contribution in [0.2, 0.25) is 0 Å². The number of aliphatic hydroxyl groups is 1. The lowest BCUT2D eigenvalue weighted by Gasteiger charge is -2.31. The molecule has 0 aromatic heterocycles. The SMILES string of the molecule is CCc1c(O)cccc1C(=O)N[C@@H](Cc1ccccc1)[C@H](O)C(=O)N1CSC[C@H]1C(=O)NC(C)(C)C. The van der Waals surface area contributed by atoms with Gasteiger partial charge in [0.25, 0.3) is 11.8 Å². The molecule has 0 bridgehead atoms. The minimum Gasteiger partial charge on any atom is -0.508 e. The number of nitrogens with zero attached hydrogens (tertiary/aromatic N) is 1. The minimum atomic E-state index is -1.57. The molecule has 1 aliphatic heterocycles. The van der Waals surface area contributed by atoms with Gasteiger partial charge in [0.05, 0.1) is 11.9 Å². The summed E-state index contributed by atoms with van der Waals surface area (Å²) < 4.78 is 0. The van der Waals surface area contributed by atoms with Crippen molar-refractivity contribution in [2.75, 3.05) is 11.6 Å². The van der Waals surface area contributed by atoms with Crippen LogP contribution in [0.5, 0.6) is 5.75 Å². The Morgan fingerprint density at radius 2 is 1.81 bits per heavy atom. The second-order valence-corrected chi connectivity index (χ2v) is 10.9. The van der Waals surface area contributed by atoms with Gasteiger partial charge in [-0.25, -0.2) is 0 Å². The third kappa shape index (κ3) is 6.79. The number of thioether (sulfide) groups is 1. The standard InChI is InChI=1S/C27H35N3O5S/c1-5-18-19(12-9-13-22(18)31)24(33)28-20(14-17-10-7-6-8-11-17)23(32)26(35)30-16-36-15-21(30)25(34)29-27(2,3)4/h6-13,20-21,23,31-32H,5,14-16H2,1-4H3,(H,28,33)(H,29,34)/t20-,21-,23-/m0/s1. The van der Waals surface area contributed by atoms with Crippen molar-refractivity contribution in [1.29, 1.82) is 0 Å². The van der Waals surface area contributed by atoms with Gasteiger partial charge < -0.3 is 25.7 Å². The zero-order valence-electron chi connectivity index (χ0n) is 21.2. The van der Waals surface area contributed by atoms with Gasteiger partial charge in [-0.3, -0.25) is 14.4 Å². The number of nitrogens with one attached hydrogen (secondary N) is 2. The number of phenolic OH excluding ortho intramolecular Hbond substituents is 1. The molecule has 0 aliphatic carbocycles. The number of amides is 3. The van der Waals surface area contributed by atoms with Crippen molar-refractivity contribution in [3.63, 3.8) is 0 Å². The lowest BCUT2D eigenvalue weighted by molar-refractivity contribution is -0.146. The molecule has 194 valence electrons. The molecule has 1 saturated heterocycles. The summed E-state index contributed by atoms with van der Waals surface area (Å²) in [6.45, 7) is 7.43. The lowest BCUT2D eigenvalue weighted by atomic mass is 9.98. The number of phenols is 1. The molecule has 2 aromatic carbocycles. The van der Waals surface area contributed by atoms with E-state index in [1.165, 1.54) is 22.7 Å². The quantitative estimate of drug-likeness (QED) is 0.431. The molecular formula is C27H35N3O5S. The van der Waals surface area contributed by atoms with Crippen molar-refractivity contribution in [1.82, 2.24) is 15.5 Å². The summed E-state index contributed by atoms with van der Waals surface area (Å²) in [5.74, 6) is -0.655. The average molecular weight is 514 g/mol. The molecule has 36 heavy (non-hydrogen) atoms. The lowest BCUT2D eigenvalue weighted by Crippen LogP contribution is -2.57. The molecular weight excluding hydrogens is 478 g/mol. The second kappa shape index (κ2) is 11.8. The largest absolute Gasteiger partial charge is 0.508 e. The molecule has 4 N–H and O–H groups in total. The van der Waals surface area contributed by atoms with E-state index in [4.69, 9.17) is 0 Å². The number of hydrogen-bond acceptors (Lipinski definition) is 6. The van der Waals surface area contributed by atoms with Gasteiger partial charge in [0.2, 0.25) is 5.91 Å². The van der Waals surface area contributed by atoms with Gasteiger partial charge in [0.1, 0.15) is 11.8 Å². The molecule has 8 nitrogen and oxygen atoms in total. The number of aliphatic hydroxyl groups excluding tert-OH is 1. The van der Waals surface area contributed by atoms with Crippen molar-refractivity contribution in [3.05, 3.63) is 65.2 Å². The maximum atomic E-state index is 13.4. The van der Waals surface area contributed by atoms with E-state index in [1.807, 2.05) is 58.0 Å². The van der Waals surface area contributed by atoms with E-state index in [9.17, 15) is 24.6 Å². The van der Waals surface area contributed by atoms with E-state index in [0.717, 1.165) is 5.56 Å². The van der Waals surface area contributed by atoms with E-state index in [0.29, 0.717) is 17.7 Å². The molecule has 0 saturated carbocycles. The number of carbonyl (C=O) groups excluding carboxylic acids is 3. The fraction of sp³-hybridized carbons (Fsp3) is 0.444. The summed E-state index contributed by atoms with van der Waals surface area (Å²) in [7, 11) is 0. The number of hydrogen-bond donors (Lipinski definition) is 4. The summed E-state index contributed by atoms with van der Waals surface area (Å²) in [6, 6.07) is 12.3. The molecule has 1 fully saturated rings. The molecule has 0 spiro atoms. The van der Waals surface area contributed by atoms with Gasteiger partial charge >= 0.3 is 0 Å². The topological polar surface area (TPSA) is 119 Å². The molecule has 3 amide bonds. The first-order chi connectivity index (χ1) is 17.0. The Kier molecular flexibility index (Phi) is 9.03. The highest BCUT2D eigenvalue weighted by Crippen LogP contribution is 2.25. The molecule has 3 atom stereocenters. The normalized spacial score (nSPS) is 17.4.